The van der Waals surface area contributed by atoms with Gasteiger partial charge >= 0.3 is 0 Å². The second-order valence-corrected chi connectivity index (χ2v) is 5.33. The largest absolute Gasteiger partial charge is 0.370 e. The Labute approximate surface area is 90.9 Å². The Morgan fingerprint density at radius 2 is 2.43 bits per heavy atom. The van der Waals surface area contributed by atoms with Crippen LogP contribution in [0.3, 0.4) is 0 Å². The first-order valence-electron chi connectivity index (χ1n) is 5.32. The predicted octanol–water partition coefficient (Wildman–Crippen LogP) is 1.44. The van der Waals surface area contributed by atoms with E-state index in [-0.39, 0.29) is 0 Å². The Morgan fingerprint density at radius 1 is 1.64 bits per heavy atom. The quantitative estimate of drug-likeness (QED) is 0.553. The van der Waals surface area contributed by atoms with E-state index in [1.165, 1.54) is 18.6 Å². The second kappa shape index (κ2) is 6.17. The third-order valence-corrected chi connectivity index (χ3v) is 3.35. The molecule has 1 rings (SSSR count). The van der Waals surface area contributed by atoms with Crippen molar-refractivity contribution in [2.24, 2.45) is 16.6 Å². The fourth-order valence-corrected chi connectivity index (χ4v) is 2.46. The molecule has 1 aliphatic rings. The molecule has 1 unspecified atom stereocenters. The molecular formula is C10H21N3S. The number of aliphatic imine (C=N–C) groups is 1. The molecule has 0 aromatic heterocycles. The van der Waals surface area contributed by atoms with Gasteiger partial charge in [0.25, 0.3) is 0 Å². The number of hydrogen-bond donors (Lipinski definition) is 2. The smallest absolute Gasteiger partial charge is 0.188 e. The maximum atomic E-state index is 5.78. The van der Waals surface area contributed by atoms with E-state index in [1.807, 2.05) is 11.8 Å². The molecule has 0 radical (unpaired) electrons. The lowest BCUT2D eigenvalue weighted by atomic mass is 10.2. The molecule has 0 aliphatic carbocycles. The van der Waals surface area contributed by atoms with Crippen LogP contribution in [0.5, 0.6) is 0 Å². The summed E-state index contributed by atoms with van der Waals surface area (Å²) < 4.78 is 0. The Bertz CT molecular complexity index is 186. The fourth-order valence-electron chi connectivity index (χ4n) is 1.39. The molecule has 1 heterocycles. The zero-order valence-corrected chi connectivity index (χ0v) is 9.94. The van der Waals surface area contributed by atoms with E-state index in [0.717, 1.165) is 12.3 Å². The first kappa shape index (κ1) is 11.7. The van der Waals surface area contributed by atoms with Gasteiger partial charge in [0.1, 0.15) is 0 Å². The van der Waals surface area contributed by atoms with E-state index in [2.05, 4.69) is 24.2 Å². The van der Waals surface area contributed by atoms with Crippen molar-refractivity contribution in [2.45, 2.75) is 32.7 Å². The maximum absolute atomic E-state index is 5.78. The Morgan fingerprint density at radius 3 is 3.00 bits per heavy atom. The highest BCUT2D eigenvalue weighted by atomic mass is 32.2. The third-order valence-electron chi connectivity index (χ3n) is 2.14. The molecule has 1 saturated heterocycles. The molecule has 0 amide bonds. The molecule has 14 heavy (non-hydrogen) atoms. The van der Waals surface area contributed by atoms with Crippen LogP contribution < -0.4 is 11.1 Å². The standard InChI is InChI=1S/C10H21N3S/c1-8(2)6-12-10(11)13-9-4-3-5-14-7-9/h8-9H,3-7H2,1-2H3,(H3,11,12,13). The normalized spacial score (nSPS) is 23.9. The molecule has 0 saturated carbocycles. The van der Waals surface area contributed by atoms with Gasteiger partial charge in [0.2, 0.25) is 0 Å². The zero-order chi connectivity index (χ0) is 10.4. The summed E-state index contributed by atoms with van der Waals surface area (Å²) in [7, 11) is 0. The van der Waals surface area contributed by atoms with Crippen molar-refractivity contribution in [2.75, 3.05) is 18.1 Å². The van der Waals surface area contributed by atoms with E-state index in [1.54, 1.807) is 0 Å². The van der Waals surface area contributed by atoms with Crippen LogP contribution in [-0.2, 0) is 0 Å². The molecule has 1 fully saturated rings. The first-order chi connectivity index (χ1) is 6.68. The molecule has 82 valence electrons. The van der Waals surface area contributed by atoms with Crippen LogP contribution in [0.1, 0.15) is 26.7 Å². The molecule has 0 bridgehead atoms. The number of rotatable bonds is 3. The average molecular weight is 215 g/mol. The highest BCUT2D eigenvalue weighted by molar-refractivity contribution is 7.99. The highest BCUT2D eigenvalue weighted by Crippen LogP contribution is 2.16. The van der Waals surface area contributed by atoms with Crippen LogP contribution in [-0.4, -0.2) is 30.1 Å². The topological polar surface area (TPSA) is 50.4 Å². The first-order valence-corrected chi connectivity index (χ1v) is 6.48. The number of nitrogens with zero attached hydrogens (tertiary/aromatic N) is 1. The van der Waals surface area contributed by atoms with Gasteiger partial charge in [-0.25, -0.2) is 0 Å². The van der Waals surface area contributed by atoms with Gasteiger partial charge in [-0.1, -0.05) is 13.8 Å². The summed E-state index contributed by atoms with van der Waals surface area (Å²) in [4.78, 5) is 4.29. The molecule has 3 nitrogen and oxygen atoms in total. The van der Waals surface area contributed by atoms with Crippen LogP contribution >= 0.6 is 11.8 Å². The summed E-state index contributed by atoms with van der Waals surface area (Å²) in [5.41, 5.74) is 5.78. The zero-order valence-electron chi connectivity index (χ0n) is 9.12. The van der Waals surface area contributed by atoms with Gasteiger partial charge in [-0.2, -0.15) is 11.8 Å². The van der Waals surface area contributed by atoms with Crippen molar-refractivity contribution >= 4 is 17.7 Å². The van der Waals surface area contributed by atoms with Crippen LogP contribution in [0.25, 0.3) is 0 Å². The molecule has 0 aromatic rings. The Balaban J connectivity index is 2.24. The van der Waals surface area contributed by atoms with Crippen molar-refractivity contribution in [3.05, 3.63) is 0 Å². The Hall–Kier alpha value is -0.380. The molecule has 3 N–H and O–H groups in total. The molecule has 0 aromatic carbocycles. The number of thioether (sulfide) groups is 1. The minimum atomic E-state index is 0.532. The molecule has 1 atom stereocenters. The lowest BCUT2D eigenvalue weighted by Crippen LogP contribution is -2.42. The van der Waals surface area contributed by atoms with Gasteiger partial charge in [-0.05, 0) is 24.5 Å². The van der Waals surface area contributed by atoms with E-state index in [0.29, 0.717) is 17.9 Å². The van der Waals surface area contributed by atoms with Gasteiger partial charge in [-0.3, -0.25) is 4.99 Å². The summed E-state index contributed by atoms with van der Waals surface area (Å²) in [6.45, 7) is 5.11. The van der Waals surface area contributed by atoms with Crippen molar-refractivity contribution < 1.29 is 0 Å². The van der Waals surface area contributed by atoms with Gasteiger partial charge in [0.05, 0.1) is 0 Å². The van der Waals surface area contributed by atoms with E-state index < -0.39 is 0 Å². The number of nitrogens with one attached hydrogen (secondary N) is 1. The summed E-state index contributed by atoms with van der Waals surface area (Å²) in [6.07, 6.45) is 2.52. The lowest BCUT2D eigenvalue weighted by Gasteiger charge is -2.22. The second-order valence-electron chi connectivity index (χ2n) is 4.18. The van der Waals surface area contributed by atoms with E-state index in [4.69, 9.17) is 5.73 Å². The van der Waals surface area contributed by atoms with Crippen molar-refractivity contribution in [1.29, 1.82) is 0 Å². The van der Waals surface area contributed by atoms with E-state index >= 15 is 0 Å². The van der Waals surface area contributed by atoms with Crippen molar-refractivity contribution in [3.8, 4) is 0 Å². The fraction of sp³-hybridized carbons (Fsp3) is 0.900. The molecule has 0 spiro atoms. The monoisotopic (exact) mass is 215 g/mol. The van der Waals surface area contributed by atoms with Gasteiger partial charge in [0, 0.05) is 18.3 Å². The summed E-state index contributed by atoms with van der Waals surface area (Å²) >= 11 is 2.00. The third kappa shape index (κ3) is 4.74. The number of guanidine groups is 1. The van der Waals surface area contributed by atoms with E-state index in [9.17, 15) is 0 Å². The summed E-state index contributed by atoms with van der Waals surface area (Å²) in [5.74, 6) is 3.65. The summed E-state index contributed by atoms with van der Waals surface area (Å²) in [6, 6.07) is 0.532. The highest BCUT2D eigenvalue weighted by Gasteiger charge is 2.13. The maximum Gasteiger partial charge on any atom is 0.188 e. The summed E-state index contributed by atoms with van der Waals surface area (Å²) in [5, 5.41) is 3.28. The van der Waals surface area contributed by atoms with Crippen molar-refractivity contribution in [3.63, 3.8) is 0 Å². The van der Waals surface area contributed by atoms with Crippen LogP contribution in [0.4, 0.5) is 0 Å². The number of nitrogens with two attached hydrogens (primary N) is 1. The van der Waals surface area contributed by atoms with Gasteiger partial charge in [0.15, 0.2) is 5.96 Å². The van der Waals surface area contributed by atoms with Crippen LogP contribution in [0.2, 0.25) is 0 Å². The van der Waals surface area contributed by atoms with Gasteiger partial charge in [-0.15, -0.1) is 0 Å². The minimum Gasteiger partial charge on any atom is -0.370 e. The van der Waals surface area contributed by atoms with Crippen molar-refractivity contribution in [1.82, 2.24) is 5.32 Å². The lowest BCUT2D eigenvalue weighted by molar-refractivity contribution is 0.586. The van der Waals surface area contributed by atoms with Crippen LogP contribution in [0.15, 0.2) is 4.99 Å². The minimum absolute atomic E-state index is 0.532. The van der Waals surface area contributed by atoms with Gasteiger partial charge < -0.3 is 11.1 Å². The van der Waals surface area contributed by atoms with Crippen LogP contribution in [0, 0.1) is 5.92 Å². The predicted molar refractivity (Wildman–Crippen MR) is 64.8 cm³/mol. The Kier molecular flexibility index (Phi) is 5.15. The molecular weight excluding hydrogens is 194 g/mol. The molecule has 4 heteroatoms. The number of hydrogen-bond acceptors (Lipinski definition) is 2. The average Bonchev–Trinajstić information content (AvgIpc) is 2.16. The SMILES string of the molecule is CC(C)CN=C(N)NC1CCCSC1. The molecule has 1 aliphatic heterocycles.